The zero-order valence-electron chi connectivity index (χ0n) is 27.9. The second kappa shape index (κ2) is 15.5. The van der Waals surface area contributed by atoms with Crippen molar-refractivity contribution in [2.45, 2.75) is 93.3 Å². The van der Waals surface area contributed by atoms with Gasteiger partial charge in [-0.2, -0.15) is 0 Å². The van der Waals surface area contributed by atoms with Crippen LogP contribution < -0.4 is 0 Å². The van der Waals surface area contributed by atoms with Gasteiger partial charge in [-0.25, -0.2) is 0 Å². The van der Waals surface area contributed by atoms with Gasteiger partial charge in [0.1, 0.15) is 0 Å². The third kappa shape index (κ3) is 10.4. The van der Waals surface area contributed by atoms with Gasteiger partial charge in [0.05, 0.1) is 11.7 Å². The van der Waals surface area contributed by atoms with Gasteiger partial charge in [-0.1, -0.05) is 148 Å². The Hall–Kier alpha value is -3.27. The molecule has 2 aliphatic rings. The number of carbonyl (C=O) groups excluding carboxylic acids is 1. The maximum Gasteiger partial charge on any atom is 0.161 e. The number of Topliss-reactive ketones (excluding diaryl/α,β-unsaturated/α-hetero) is 1. The van der Waals surface area contributed by atoms with Crippen LogP contribution in [0.4, 0.5) is 0 Å². The molecule has 0 bridgehead atoms. The molecule has 0 aromatic heterocycles. The number of aliphatic hydroxyl groups is 2. The summed E-state index contributed by atoms with van der Waals surface area (Å²) in [4.78, 5) is 12.9. The Labute approximate surface area is 261 Å². The maximum absolute atomic E-state index is 12.9. The summed E-state index contributed by atoms with van der Waals surface area (Å²) in [5.74, 6) is 0.294. The molecule has 2 N–H and O–H groups in total. The van der Waals surface area contributed by atoms with E-state index in [-0.39, 0.29) is 17.6 Å². The fourth-order valence-corrected chi connectivity index (χ4v) is 5.76. The van der Waals surface area contributed by atoms with E-state index in [0.29, 0.717) is 29.9 Å². The second-order valence-electron chi connectivity index (χ2n) is 13.6. The third-order valence-corrected chi connectivity index (χ3v) is 8.77. The van der Waals surface area contributed by atoms with Crippen LogP contribution in [0.3, 0.4) is 0 Å². The molecule has 0 heterocycles. The van der Waals surface area contributed by atoms with Crippen LogP contribution in [0.2, 0.25) is 0 Å². The molecule has 2 aliphatic carbocycles. The van der Waals surface area contributed by atoms with E-state index in [2.05, 4.69) is 95.9 Å². The van der Waals surface area contributed by atoms with Gasteiger partial charge in [0.25, 0.3) is 0 Å². The number of ketones is 1. The van der Waals surface area contributed by atoms with Crippen LogP contribution in [-0.4, -0.2) is 27.7 Å². The van der Waals surface area contributed by atoms with Gasteiger partial charge in [-0.3, -0.25) is 4.79 Å². The predicted molar refractivity (Wildman–Crippen MR) is 184 cm³/mol. The average molecular weight is 583 g/mol. The minimum absolute atomic E-state index is 0.0284. The number of allylic oxidation sites excluding steroid dienone is 20. The van der Waals surface area contributed by atoms with Crippen LogP contribution in [0.15, 0.2) is 131 Å². The fourth-order valence-electron chi connectivity index (χ4n) is 5.76. The number of aliphatic hydroxyl groups excluding tert-OH is 1. The monoisotopic (exact) mass is 582 g/mol. The molecule has 1 saturated carbocycles. The molecule has 232 valence electrons. The van der Waals surface area contributed by atoms with E-state index in [1.165, 1.54) is 11.1 Å². The van der Waals surface area contributed by atoms with Crippen LogP contribution in [0, 0.1) is 16.7 Å². The summed E-state index contributed by atoms with van der Waals surface area (Å²) in [7, 11) is 0. The van der Waals surface area contributed by atoms with Gasteiger partial charge in [-0.05, 0) is 64.0 Å². The Morgan fingerprint density at radius 3 is 2.00 bits per heavy atom. The van der Waals surface area contributed by atoms with Crippen LogP contribution >= 0.6 is 0 Å². The summed E-state index contributed by atoms with van der Waals surface area (Å²) < 4.78 is 0. The van der Waals surface area contributed by atoms with Crippen molar-refractivity contribution in [3.63, 3.8) is 0 Å². The molecule has 0 radical (unpaired) electrons. The minimum Gasteiger partial charge on any atom is -0.393 e. The summed E-state index contributed by atoms with van der Waals surface area (Å²) in [5.41, 5.74) is 4.10. The molecule has 43 heavy (non-hydrogen) atoms. The fraction of sp³-hybridized carbons (Fsp3) is 0.425. The first-order valence-corrected chi connectivity index (χ1v) is 15.4. The lowest BCUT2D eigenvalue weighted by Gasteiger charge is -2.49. The molecule has 3 unspecified atom stereocenters. The molecular weight excluding hydrogens is 528 g/mol. The summed E-state index contributed by atoms with van der Waals surface area (Å²) in [6.07, 6.45) is 31.4. The van der Waals surface area contributed by atoms with Gasteiger partial charge in [0.15, 0.2) is 5.78 Å². The van der Waals surface area contributed by atoms with E-state index in [1.54, 1.807) is 13.0 Å². The van der Waals surface area contributed by atoms with Crippen LogP contribution in [0.25, 0.3) is 0 Å². The minimum atomic E-state index is -1.32. The second-order valence-corrected chi connectivity index (χ2v) is 13.6. The normalized spacial score (nSPS) is 27.2. The van der Waals surface area contributed by atoms with Crippen molar-refractivity contribution in [3.05, 3.63) is 131 Å². The molecule has 3 atom stereocenters. The van der Waals surface area contributed by atoms with Crippen molar-refractivity contribution in [1.82, 2.24) is 0 Å². The van der Waals surface area contributed by atoms with E-state index in [0.717, 1.165) is 11.1 Å². The Kier molecular flexibility index (Phi) is 12.9. The lowest BCUT2D eigenvalue weighted by atomic mass is 9.60. The number of hydrogen-bond acceptors (Lipinski definition) is 3. The van der Waals surface area contributed by atoms with Crippen LogP contribution in [0.1, 0.15) is 81.6 Å². The van der Waals surface area contributed by atoms with E-state index < -0.39 is 17.1 Å². The topological polar surface area (TPSA) is 57.5 Å². The SMILES string of the molecule is C=C1CC(O)CC(C)(C)C1(O)CC(=O)C(C)=CC=CC(C)=CC=CC=C(C)C=CC=C(C)C=CC1C(C)=CC=CC1(C)C. The molecule has 0 aliphatic heterocycles. The first kappa shape index (κ1) is 35.9. The number of rotatable bonds is 11. The first-order valence-electron chi connectivity index (χ1n) is 15.4. The highest BCUT2D eigenvalue weighted by atomic mass is 16.3. The van der Waals surface area contributed by atoms with Crippen molar-refractivity contribution in [2.24, 2.45) is 16.7 Å². The molecule has 1 fully saturated rings. The summed E-state index contributed by atoms with van der Waals surface area (Å²) in [6, 6.07) is 0. The summed E-state index contributed by atoms with van der Waals surface area (Å²) in [6.45, 7) is 22.5. The molecule has 0 amide bonds. The van der Waals surface area contributed by atoms with E-state index in [1.807, 2.05) is 51.2 Å². The van der Waals surface area contributed by atoms with Crippen molar-refractivity contribution < 1.29 is 15.0 Å². The molecule has 3 nitrogen and oxygen atoms in total. The highest BCUT2D eigenvalue weighted by Crippen LogP contribution is 2.48. The van der Waals surface area contributed by atoms with Crippen molar-refractivity contribution >= 4 is 5.78 Å². The standard InChI is InChI=1S/C40H54O3/c1-29(18-13-19-31(3)23-24-36-32(4)22-15-25-38(36,7)8)16-11-12-17-30(2)20-14-21-33(5)37(42)28-40(43)34(6)26-35(41)27-39(40,9)10/h11-25,35-36,41,43H,6,26-28H2,1-5,7-10H3. The highest BCUT2D eigenvalue weighted by Gasteiger charge is 2.51. The van der Waals surface area contributed by atoms with Crippen LogP contribution in [0.5, 0.6) is 0 Å². The molecule has 0 saturated heterocycles. The zero-order chi connectivity index (χ0) is 32.4. The maximum atomic E-state index is 12.9. The number of hydrogen-bond donors (Lipinski definition) is 2. The van der Waals surface area contributed by atoms with Crippen molar-refractivity contribution in [3.8, 4) is 0 Å². The molecule has 0 spiro atoms. The summed E-state index contributed by atoms with van der Waals surface area (Å²) in [5, 5.41) is 21.4. The van der Waals surface area contributed by atoms with Gasteiger partial charge < -0.3 is 10.2 Å². The Bertz CT molecular complexity index is 1340. The van der Waals surface area contributed by atoms with E-state index in [4.69, 9.17) is 0 Å². The quantitative estimate of drug-likeness (QED) is 0.145. The molecule has 3 heteroatoms. The summed E-state index contributed by atoms with van der Waals surface area (Å²) >= 11 is 0. The third-order valence-electron chi connectivity index (χ3n) is 8.77. The van der Waals surface area contributed by atoms with Gasteiger partial charge in [-0.15, -0.1) is 0 Å². The lowest BCUT2D eigenvalue weighted by Crippen LogP contribution is -2.53. The highest BCUT2D eigenvalue weighted by molar-refractivity contribution is 5.96. The Morgan fingerprint density at radius 2 is 1.44 bits per heavy atom. The molecule has 0 aromatic rings. The smallest absolute Gasteiger partial charge is 0.161 e. The molecular formula is C40H54O3. The Morgan fingerprint density at radius 1 is 0.907 bits per heavy atom. The van der Waals surface area contributed by atoms with E-state index >= 15 is 0 Å². The van der Waals surface area contributed by atoms with Gasteiger partial charge in [0, 0.05) is 17.8 Å². The Balaban J connectivity index is 1.91. The number of carbonyl (C=O) groups is 1. The molecule has 0 aromatic carbocycles. The van der Waals surface area contributed by atoms with Crippen LogP contribution in [-0.2, 0) is 4.79 Å². The van der Waals surface area contributed by atoms with Crippen molar-refractivity contribution in [1.29, 1.82) is 0 Å². The van der Waals surface area contributed by atoms with Crippen molar-refractivity contribution in [2.75, 3.05) is 0 Å². The lowest BCUT2D eigenvalue weighted by molar-refractivity contribution is -0.130. The first-order chi connectivity index (χ1) is 20.0. The predicted octanol–water partition coefficient (Wildman–Crippen LogP) is 9.58. The van der Waals surface area contributed by atoms with Gasteiger partial charge in [0.2, 0.25) is 0 Å². The van der Waals surface area contributed by atoms with Gasteiger partial charge >= 0.3 is 0 Å². The zero-order valence-corrected chi connectivity index (χ0v) is 27.9. The largest absolute Gasteiger partial charge is 0.393 e. The van der Waals surface area contributed by atoms with E-state index in [9.17, 15) is 15.0 Å². The molecule has 2 rings (SSSR count). The average Bonchev–Trinajstić information content (AvgIpc) is 2.89.